The van der Waals surface area contributed by atoms with E-state index in [0.29, 0.717) is 0 Å². The highest BCUT2D eigenvalue weighted by atomic mass is 16.4. The predicted octanol–water partition coefficient (Wildman–Crippen LogP) is 0.490. The second kappa shape index (κ2) is 4.75. The lowest BCUT2D eigenvalue weighted by Crippen LogP contribution is -2.09. The van der Waals surface area contributed by atoms with Crippen LogP contribution in [0.15, 0.2) is 36.7 Å². The van der Waals surface area contributed by atoms with Crippen molar-refractivity contribution in [2.24, 2.45) is 0 Å². The van der Waals surface area contributed by atoms with Crippen LogP contribution in [-0.2, 0) is 9.59 Å². The van der Waals surface area contributed by atoms with E-state index in [9.17, 15) is 0 Å². The summed E-state index contributed by atoms with van der Waals surface area (Å²) in [6, 6.07) is 7.95. The Morgan fingerprint density at radius 1 is 1.13 bits per heavy atom. The van der Waals surface area contributed by atoms with Gasteiger partial charge in [-0.3, -0.25) is 0 Å². The third-order valence-electron chi connectivity index (χ3n) is 1.49. The summed E-state index contributed by atoms with van der Waals surface area (Å²) in [5, 5.41) is 18.8. The third kappa shape index (κ3) is 3.11. The van der Waals surface area contributed by atoms with Crippen molar-refractivity contribution in [3.05, 3.63) is 36.7 Å². The summed E-state index contributed by atoms with van der Waals surface area (Å²) >= 11 is 0. The summed E-state index contributed by atoms with van der Waals surface area (Å²) in [5.74, 6) is -3.65. The molecule has 6 heteroatoms. The standard InChI is InChI=1S/C7H6N2.C2H2O4/c1-2-6-9-7(3-1)4-5-8-9;3-1(4)2(5)6/h1-6H;(H,3,4)(H,5,6). The van der Waals surface area contributed by atoms with Gasteiger partial charge in [0.1, 0.15) is 0 Å². The first-order valence-corrected chi connectivity index (χ1v) is 3.96. The van der Waals surface area contributed by atoms with E-state index in [-0.39, 0.29) is 0 Å². The third-order valence-corrected chi connectivity index (χ3v) is 1.49. The highest BCUT2D eigenvalue weighted by Crippen LogP contribution is 1.98. The Labute approximate surface area is 84.4 Å². The number of carboxylic acids is 2. The lowest BCUT2D eigenvalue weighted by Gasteiger charge is -1.86. The molecular weight excluding hydrogens is 200 g/mol. The maximum absolute atomic E-state index is 9.10. The number of carboxylic acid groups (broad SMARTS) is 2. The van der Waals surface area contributed by atoms with Gasteiger partial charge in [-0.15, -0.1) is 0 Å². The van der Waals surface area contributed by atoms with E-state index in [1.54, 1.807) is 6.20 Å². The molecule has 2 N–H and O–H groups in total. The van der Waals surface area contributed by atoms with Crippen LogP contribution in [0.4, 0.5) is 0 Å². The number of carbonyl (C=O) groups is 2. The summed E-state index contributed by atoms with van der Waals surface area (Å²) < 4.78 is 1.83. The minimum absolute atomic E-state index is 1.14. The van der Waals surface area contributed by atoms with Crippen molar-refractivity contribution in [2.45, 2.75) is 0 Å². The SMILES string of the molecule is O=C(O)C(=O)O.c1ccn2nccc2c1. The quantitative estimate of drug-likeness (QED) is 0.614. The van der Waals surface area contributed by atoms with E-state index in [2.05, 4.69) is 5.10 Å². The van der Waals surface area contributed by atoms with Crippen LogP contribution in [0.2, 0.25) is 0 Å². The zero-order chi connectivity index (χ0) is 11.3. The Kier molecular flexibility index (Phi) is 3.39. The smallest absolute Gasteiger partial charge is 0.414 e. The molecule has 2 aromatic rings. The number of pyridine rings is 1. The summed E-state index contributed by atoms with van der Waals surface area (Å²) in [4.78, 5) is 18.2. The minimum atomic E-state index is -1.82. The number of rotatable bonds is 0. The fraction of sp³-hybridized carbons (Fsp3) is 0. The maximum Gasteiger partial charge on any atom is 0.414 e. The molecule has 0 amide bonds. The molecule has 15 heavy (non-hydrogen) atoms. The topological polar surface area (TPSA) is 91.9 Å². The Morgan fingerprint density at radius 2 is 1.80 bits per heavy atom. The van der Waals surface area contributed by atoms with Gasteiger partial charge in [0.25, 0.3) is 0 Å². The fourth-order valence-electron chi connectivity index (χ4n) is 0.866. The molecule has 78 valence electrons. The van der Waals surface area contributed by atoms with Crippen molar-refractivity contribution in [1.29, 1.82) is 0 Å². The van der Waals surface area contributed by atoms with Crippen LogP contribution in [0, 0.1) is 0 Å². The summed E-state index contributed by atoms with van der Waals surface area (Å²) in [6.45, 7) is 0. The molecule has 0 spiro atoms. The molecule has 0 aliphatic heterocycles. The number of hydrogen-bond donors (Lipinski definition) is 2. The Hall–Kier alpha value is -2.37. The van der Waals surface area contributed by atoms with Gasteiger partial charge in [0.2, 0.25) is 0 Å². The second-order valence-electron chi connectivity index (χ2n) is 2.51. The molecule has 0 unspecified atom stereocenters. The van der Waals surface area contributed by atoms with E-state index >= 15 is 0 Å². The van der Waals surface area contributed by atoms with Crippen molar-refractivity contribution in [1.82, 2.24) is 9.61 Å². The normalized spacial score (nSPS) is 9.07. The van der Waals surface area contributed by atoms with Crippen LogP contribution >= 0.6 is 0 Å². The van der Waals surface area contributed by atoms with E-state index in [1.807, 2.05) is 35.0 Å². The molecule has 0 bridgehead atoms. The number of aromatic nitrogens is 2. The molecule has 2 heterocycles. The van der Waals surface area contributed by atoms with E-state index in [4.69, 9.17) is 19.8 Å². The molecule has 0 aliphatic rings. The first-order valence-electron chi connectivity index (χ1n) is 3.96. The largest absolute Gasteiger partial charge is 0.473 e. The highest BCUT2D eigenvalue weighted by Gasteiger charge is 2.04. The van der Waals surface area contributed by atoms with E-state index in [0.717, 1.165) is 5.52 Å². The van der Waals surface area contributed by atoms with Crippen molar-refractivity contribution in [2.75, 3.05) is 0 Å². The van der Waals surface area contributed by atoms with Crippen LogP contribution in [0.5, 0.6) is 0 Å². The average Bonchev–Trinajstić information content (AvgIpc) is 2.66. The van der Waals surface area contributed by atoms with Gasteiger partial charge in [-0.1, -0.05) is 6.07 Å². The minimum Gasteiger partial charge on any atom is -0.473 e. The summed E-state index contributed by atoms with van der Waals surface area (Å²) in [6.07, 6.45) is 3.71. The Bertz CT molecular complexity index is 435. The van der Waals surface area contributed by atoms with Crippen LogP contribution in [0.25, 0.3) is 5.52 Å². The second-order valence-corrected chi connectivity index (χ2v) is 2.51. The molecule has 0 aliphatic carbocycles. The molecule has 6 nitrogen and oxygen atoms in total. The molecular formula is C9H8N2O4. The van der Waals surface area contributed by atoms with Gasteiger partial charge in [0.05, 0.1) is 5.52 Å². The van der Waals surface area contributed by atoms with Crippen molar-refractivity contribution in [3.63, 3.8) is 0 Å². The van der Waals surface area contributed by atoms with Crippen LogP contribution in [-0.4, -0.2) is 31.8 Å². The lowest BCUT2D eigenvalue weighted by molar-refractivity contribution is -0.159. The summed E-state index contributed by atoms with van der Waals surface area (Å²) in [5.41, 5.74) is 1.14. The van der Waals surface area contributed by atoms with Gasteiger partial charge in [0, 0.05) is 12.4 Å². The molecule has 0 fully saturated rings. The number of fused-ring (bicyclic) bond motifs is 1. The van der Waals surface area contributed by atoms with Gasteiger partial charge in [-0.05, 0) is 18.2 Å². The van der Waals surface area contributed by atoms with Crippen LogP contribution < -0.4 is 0 Å². The Balaban J connectivity index is 0.000000167. The zero-order valence-corrected chi connectivity index (χ0v) is 7.57. The number of aliphatic carboxylic acids is 2. The molecule has 0 radical (unpaired) electrons. The summed E-state index contributed by atoms with van der Waals surface area (Å²) in [7, 11) is 0. The van der Waals surface area contributed by atoms with Gasteiger partial charge in [-0.2, -0.15) is 5.10 Å². The van der Waals surface area contributed by atoms with Gasteiger partial charge >= 0.3 is 11.9 Å². The zero-order valence-electron chi connectivity index (χ0n) is 7.57. The molecule has 0 saturated heterocycles. The van der Waals surface area contributed by atoms with Crippen molar-refractivity contribution in [3.8, 4) is 0 Å². The van der Waals surface area contributed by atoms with E-state index < -0.39 is 11.9 Å². The predicted molar refractivity (Wildman–Crippen MR) is 50.5 cm³/mol. The van der Waals surface area contributed by atoms with E-state index in [1.165, 1.54) is 0 Å². The van der Waals surface area contributed by atoms with Crippen molar-refractivity contribution < 1.29 is 19.8 Å². The van der Waals surface area contributed by atoms with Crippen LogP contribution in [0.1, 0.15) is 0 Å². The maximum atomic E-state index is 9.10. The lowest BCUT2D eigenvalue weighted by atomic mass is 10.4. The first-order chi connectivity index (χ1) is 7.11. The number of hydrogen-bond acceptors (Lipinski definition) is 3. The van der Waals surface area contributed by atoms with Gasteiger partial charge in [-0.25, -0.2) is 14.1 Å². The molecule has 0 atom stereocenters. The molecule has 2 rings (SSSR count). The van der Waals surface area contributed by atoms with Crippen molar-refractivity contribution >= 4 is 17.5 Å². The van der Waals surface area contributed by atoms with Gasteiger partial charge in [0.15, 0.2) is 0 Å². The molecule has 2 aromatic heterocycles. The fourth-order valence-corrected chi connectivity index (χ4v) is 0.866. The highest BCUT2D eigenvalue weighted by molar-refractivity contribution is 6.27. The molecule has 0 saturated carbocycles. The number of nitrogens with zero attached hydrogens (tertiary/aromatic N) is 2. The van der Waals surface area contributed by atoms with Crippen LogP contribution in [0.3, 0.4) is 0 Å². The monoisotopic (exact) mass is 208 g/mol. The average molecular weight is 208 g/mol. The van der Waals surface area contributed by atoms with Gasteiger partial charge < -0.3 is 10.2 Å². The molecule has 0 aromatic carbocycles. The first kappa shape index (κ1) is 10.7. The Morgan fingerprint density at radius 3 is 2.33 bits per heavy atom.